The molecule has 2 aromatic rings. The molecule has 0 bridgehead atoms. The van der Waals surface area contributed by atoms with Gasteiger partial charge in [0.15, 0.2) is 0 Å². The van der Waals surface area contributed by atoms with E-state index in [1.165, 1.54) is 6.20 Å². The van der Waals surface area contributed by atoms with E-state index in [9.17, 15) is 4.79 Å². The zero-order valence-corrected chi connectivity index (χ0v) is 12.4. The summed E-state index contributed by atoms with van der Waals surface area (Å²) in [5, 5.41) is 0.494. The molecule has 3 heterocycles. The predicted octanol–water partition coefficient (Wildman–Crippen LogP) is 2.55. The molecule has 1 saturated heterocycles. The van der Waals surface area contributed by atoms with Gasteiger partial charge in [0, 0.05) is 44.3 Å². The van der Waals surface area contributed by atoms with Crippen molar-refractivity contribution in [3.63, 3.8) is 0 Å². The number of hydrogen-bond acceptors (Lipinski definition) is 3. The fourth-order valence-electron chi connectivity index (χ4n) is 2.73. The Morgan fingerprint density at radius 2 is 2.19 bits per heavy atom. The topological polar surface area (TPSA) is 61.9 Å². The second-order valence-corrected chi connectivity index (χ2v) is 5.80. The number of aromatic amines is 1. The van der Waals surface area contributed by atoms with Crippen LogP contribution in [0, 0.1) is 5.92 Å². The fraction of sp³-hybridized carbons (Fsp3) is 0.400. The van der Waals surface area contributed by atoms with Crippen molar-refractivity contribution in [3.05, 3.63) is 47.3 Å². The molecule has 1 amide bonds. The monoisotopic (exact) mass is 304 g/mol. The summed E-state index contributed by atoms with van der Waals surface area (Å²) >= 11 is 5.89. The minimum absolute atomic E-state index is 0.0152. The lowest BCUT2D eigenvalue weighted by molar-refractivity contribution is 0.0689. The quantitative estimate of drug-likeness (QED) is 0.948. The van der Waals surface area contributed by atoms with Crippen LogP contribution in [0.1, 0.15) is 29.0 Å². The van der Waals surface area contributed by atoms with Crippen molar-refractivity contribution in [2.24, 2.45) is 5.92 Å². The van der Waals surface area contributed by atoms with Crippen LogP contribution in [0.15, 0.2) is 30.9 Å². The number of pyridine rings is 1. The number of carbonyl (C=O) groups is 1. The summed E-state index contributed by atoms with van der Waals surface area (Å²) in [5.74, 6) is 1.62. The first-order valence-corrected chi connectivity index (χ1v) is 7.48. The van der Waals surface area contributed by atoms with Gasteiger partial charge in [0.1, 0.15) is 5.82 Å². The van der Waals surface area contributed by atoms with Crippen molar-refractivity contribution in [2.45, 2.75) is 19.3 Å². The SMILES string of the molecule is O=C(c1cncc(Cl)c1)N1CCC(Cc2ncc[nH]2)CC1. The molecule has 0 atom stereocenters. The van der Waals surface area contributed by atoms with E-state index in [0.717, 1.165) is 38.2 Å². The molecule has 0 aliphatic carbocycles. The third-order valence-electron chi connectivity index (χ3n) is 3.89. The number of nitrogens with zero attached hydrogens (tertiary/aromatic N) is 3. The van der Waals surface area contributed by atoms with Gasteiger partial charge in [-0.15, -0.1) is 0 Å². The van der Waals surface area contributed by atoms with Crippen LogP contribution in [0.3, 0.4) is 0 Å². The molecule has 1 fully saturated rings. The van der Waals surface area contributed by atoms with Crippen LogP contribution in [-0.4, -0.2) is 38.8 Å². The largest absolute Gasteiger partial charge is 0.349 e. The Hall–Kier alpha value is -1.88. The summed E-state index contributed by atoms with van der Waals surface area (Å²) in [4.78, 5) is 25.6. The summed E-state index contributed by atoms with van der Waals surface area (Å²) in [6.07, 6.45) is 9.69. The summed E-state index contributed by atoms with van der Waals surface area (Å²) in [5.41, 5.74) is 0.562. The Balaban J connectivity index is 1.57. The van der Waals surface area contributed by atoms with E-state index in [0.29, 0.717) is 16.5 Å². The van der Waals surface area contributed by atoms with Gasteiger partial charge < -0.3 is 9.88 Å². The van der Waals surface area contributed by atoms with Gasteiger partial charge in [0.25, 0.3) is 5.91 Å². The molecule has 1 aliphatic heterocycles. The summed E-state index contributed by atoms with van der Waals surface area (Å²) in [6, 6.07) is 1.67. The first kappa shape index (κ1) is 14.1. The molecule has 0 radical (unpaired) electrons. The number of amides is 1. The Morgan fingerprint density at radius 1 is 1.38 bits per heavy atom. The number of nitrogens with one attached hydrogen (secondary N) is 1. The van der Waals surface area contributed by atoms with Gasteiger partial charge in [-0.3, -0.25) is 9.78 Å². The third-order valence-corrected chi connectivity index (χ3v) is 4.10. The van der Waals surface area contributed by atoms with Crippen molar-refractivity contribution in [1.82, 2.24) is 19.9 Å². The molecule has 0 aromatic carbocycles. The summed E-state index contributed by atoms with van der Waals surface area (Å²) in [6.45, 7) is 1.55. The van der Waals surface area contributed by atoms with Crippen LogP contribution in [0.5, 0.6) is 0 Å². The minimum atomic E-state index is 0.0152. The lowest BCUT2D eigenvalue weighted by atomic mass is 9.93. The van der Waals surface area contributed by atoms with E-state index in [2.05, 4.69) is 15.0 Å². The Labute approximate surface area is 128 Å². The molecule has 21 heavy (non-hydrogen) atoms. The van der Waals surface area contributed by atoms with Gasteiger partial charge >= 0.3 is 0 Å². The average Bonchev–Trinajstić information content (AvgIpc) is 3.00. The lowest BCUT2D eigenvalue weighted by Crippen LogP contribution is -2.39. The van der Waals surface area contributed by atoms with Crippen molar-refractivity contribution >= 4 is 17.5 Å². The van der Waals surface area contributed by atoms with Crippen LogP contribution < -0.4 is 0 Å². The smallest absolute Gasteiger partial charge is 0.255 e. The summed E-state index contributed by atoms with van der Waals surface area (Å²) < 4.78 is 0. The first-order valence-electron chi connectivity index (χ1n) is 7.10. The Kier molecular flexibility index (Phi) is 4.20. The van der Waals surface area contributed by atoms with Gasteiger partial charge in [0.2, 0.25) is 0 Å². The highest BCUT2D eigenvalue weighted by Crippen LogP contribution is 2.22. The Morgan fingerprint density at radius 3 is 2.86 bits per heavy atom. The second kappa shape index (κ2) is 6.26. The minimum Gasteiger partial charge on any atom is -0.349 e. The van der Waals surface area contributed by atoms with Crippen LogP contribution in [0.4, 0.5) is 0 Å². The van der Waals surface area contributed by atoms with Gasteiger partial charge in [-0.05, 0) is 24.8 Å². The van der Waals surface area contributed by atoms with Crippen molar-refractivity contribution in [1.29, 1.82) is 0 Å². The maximum absolute atomic E-state index is 12.4. The molecule has 1 N–H and O–H groups in total. The number of piperidine rings is 1. The van der Waals surface area contributed by atoms with Gasteiger partial charge in [-0.1, -0.05) is 11.6 Å². The van der Waals surface area contributed by atoms with E-state index in [-0.39, 0.29) is 5.91 Å². The highest BCUT2D eigenvalue weighted by Gasteiger charge is 2.24. The molecule has 5 nitrogen and oxygen atoms in total. The molecule has 0 spiro atoms. The molecule has 2 aromatic heterocycles. The number of carbonyl (C=O) groups excluding carboxylic acids is 1. The van der Waals surface area contributed by atoms with Crippen molar-refractivity contribution < 1.29 is 4.79 Å². The van der Waals surface area contributed by atoms with Crippen LogP contribution in [-0.2, 0) is 6.42 Å². The standard InChI is InChI=1S/C15H17ClN4O/c16-13-8-12(9-17-10-13)15(21)20-5-1-11(2-6-20)7-14-18-3-4-19-14/h3-4,8-11H,1-2,5-7H2,(H,18,19). The van der Waals surface area contributed by atoms with E-state index < -0.39 is 0 Å². The first-order chi connectivity index (χ1) is 10.2. The average molecular weight is 305 g/mol. The van der Waals surface area contributed by atoms with Crippen LogP contribution in [0.25, 0.3) is 0 Å². The lowest BCUT2D eigenvalue weighted by Gasteiger charge is -2.31. The van der Waals surface area contributed by atoms with Crippen molar-refractivity contribution in [2.75, 3.05) is 13.1 Å². The number of H-pyrrole nitrogens is 1. The summed E-state index contributed by atoms with van der Waals surface area (Å²) in [7, 11) is 0. The van der Waals surface area contributed by atoms with E-state index >= 15 is 0 Å². The second-order valence-electron chi connectivity index (χ2n) is 5.37. The normalized spacial score (nSPS) is 16.1. The number of aromatic nitrogens is 3. The molecule has 0 saturated carbocycles. The predicted molar refractivity (Wildman–Crippen MR) is 80.2 cm³/mol. The maximum Gasteiger partial charge on any atom is 0.255 e. The number of halogens is 1. The van der Waals surface area contributed by atoms with Crippen LogP contribution in [0.2, 0.25) is 5.02 Å². The van der Waals surface area contributed by atoms with Gasteiger partial charge in [-0.25, -0.2) is 4.98 Å². The Bertz CT molecular complexity index is 606. The molecule has 3 rings (SSSR count). The number of likely N-dealkylation sites (tertiary alicyclic amines) is 1. The molecule has 0 unspecified atom stereocenters. The van der Waals surface area contributed by atoms with E-state index in [1.54, 1.807) is 18.5 Å². The van der Waals surface area contributed by atoms with E-state index in [4.69, 9.17) is 11.6 Å². The van der Waals surface area contributed by atoms with Crippen molar-refractivity contribution in [3.8, 4) is 0 Å². The maximum atomic E-state index is 12.4. The highest BCUT2D eigenvalue weighted by molar-refractivity contribution is 6.30. The van der Waals surface area contributed by atoms with Crippen LogP contribution >= 0.6 is 11.6 Å². The third kappa shape index (κ3) is 3.42. The molecular weight excluding hydrogens is 288 g/mol. The fourth-order valence-corrected chi connectivity index (χ4v) is 2.91. The van der Waals surface area contributed by atoms with Gasteiger partial charge in [-0.2, -0.15) is 0 Å². The number of hydrogen-bond donors (Lipinski definition) is 1. The molecule has 1 aliphatic rings. The number of imidazole rings is 1. The van der Waals surface area contributed by atoms with E-state index in [1.807, 2.05) is 11.1 Å². The van der Waals surface area contributed by atoms with Gasteiger partial charge in [0.05, 0.1) is 10.6 Å². The molecule has 6 heteroatoms. The molecular formula is C15H17ClN4O. The highest BCUT2D eigenvalue weighted by atomic mass is 35.5. The number of rotatable bonds is 3. The zero-order valence-electron chi connectivity index (χ0n) is 11.6. The molecule has 110 valence electrons. The zero-order chi connectivity index (χ0) is 14.7.